The third kappa shape index (κ3) is 3.61. The molecule has 114 valence electrons. The number of primary amides is 1. The molecule has 1 fully saturated rings. The maximum Gasteiger partial charge on any atom is 0.312 e. The van der Waals surface area contributed by atoms with Crippen molar-refractivity contribution < 1.29 is 19.5 Å². The lowest BCUT2D eigenvalue weighted by Crippen LogP contribution is -2.55. The number of amides is 3. The van der Waals surface area contributed by atoms with Gasteiger partial charge in [-0.1, -0.05) is 13.3 Å². The van der Waals surface area contributed by atoms with E-state index in [2.05, 4.69) is 5.32 Å². The predicted octanol–water partition coefficient (Wildman–Crippen LogP) is 0.537. The highest BCUT2D eigenvalue weighted by molar-refractivity contribution is 5.87. The van der Waals surface area contributed by atoms with Crippen molar-refractivity contribution in [1.82, 2.24) is 10.2 Å². The van der Waals surface area contributed by atoms with Crippen molar-refractivity contribution in [3.8, 4) is 0 Å². The van der Waals surface area contributed by atoms with Crippen LogP contribution in [0.5, 0.6) is 0 Å². The Labute approximate surface area is 118 Å². The van der Waals surface area contributed by atoms with E-state index in [9.17, 15) is 19.5 Å². The van der Waals surface area contributed by atoms with Crippen LogP contribution >= 0.6 is 0 Å². The molecule has 0 aromatic heterocycles. The van der Waals surface area contributed by atoms with Crippen molar-refractivity contribution in [2.45, 2.75) is 45.6 Å². The topological polar surface area (TPSA) is 113 Å². The minimum absolute atomic E-state index is 0.194. The number of carboxylic acids is 1. The van der Waals surface area contributed by atoms with E-state index in [-0.39, 0.29) is 12.5 Å². The monoisotopic (exact) mass is 285 g/mol. The summed E-state index contributed by atoms with van der Waals surface area (Å²) in [6, 6.07) is -1.50. The summed E-state index contributed by atoms with van der Waals surface area (Å²) < 4.78 is 0. The zero-order valence-corrected chi connectivity index (χ0v) is 12.0. The number of piperidine rings is 1. The zero-order chi connectivity index (χ0) is 15.3. The maximum absolute atomic E-state index is 12.2. The lowest BCUT2D eigenvalue weighted by atomic mass is 9.76. The molecule has 2 atom stereocenters. The van der Waals surface area contributed by atoms with Crippen molar-refractivity contribution in [3.05, 3.63) is 0 Å². The molecule has 0 spiro atoms. The van der Waals surface area contributed by atoms with Crippen LogP contribution in [0.1, 0.15) is 39.5 Å². The molecule has 1 rings (SSSR count). The van der Waals surface area contributed by atoms with E-state index in [0.29, 0.717) is 25.8 Å². The molecule has 1 heterocycles. The van der Waals surface area contributed by atoms with Crippen LogP contribution in [0, 0.1) is 5.41 Å². The van der Waals surface area contributed by atoms with Crippen LogP contribution in [0.4, 0.5) is 4.79 Å². The summed E-state index contributed by atoms with van der Waals surface area (Å²) in [7, 11) is 0. The fraction of sp³-hybridized carbons (Fsp3) is 0.769. The zero-order valence-electron chi connectivity index (χ0n) is 12.0. The average molecular weight is 285 g/mol. The molecule has 0 aromatic carbocycles. The van der Waals surface area contributed by atoms with Crippen LogP contribution in [-0.4, -0.2) is 47.0 Å². The standard InChI is InChI=1S/C13H23N3O4/c1-3-5-13(11(18)19)6-4-7-16(8-13)10(17)9(2)15-12(14)20/h9H,3-8H2,1-2H3,(H,18,19)(H3,14,15,20). The normalized spacial score (nSPS) is 24.0. The van der Waals surface area contributed by atoms with Crippen LogP contribution in [0.25, 0.3) is 0 Å². The molecule has 2 unspecified atom stereocenters. The number of nitrogens with zero attached hydrogens (tertiary/aromatic N) is 1. The van der Waals surface area contributed by atoms with Crippen LogP contribution < -0.4 is 11.1 Å². The van der Waals surface area contributed by atoms with Crippen molar-refractivity contribution >= 4 is 17.9 Å². The third-order valence-electron chi connectivity index (χ3n) is 3.80. The molecule has 7 heteroatoms. The smallest absolute Gasteiger partial charge is 0.312 e. The van der Waals surface area contributed by atoms with Gasteiger partial charge in [0.15, 0.2) is 0 Å². The number of carbonyl (C=O) groups excluding carboxylic acids is 2. The predicted molar refractivity (Wildman–Crippen MR) is 73.0 cm³/mol. The summed E-state index contributed by atoms with van der Waals surface area (Å²) in [5.74, 6) is -1.14. The van der Waals surface area contributed by atoms with Gasteiger partial charge in [0.25, 0.3) is 0 Å². The molecule has 1 aliphatic rings. The first-order valence-electron chi connectivity index (χ1n) is 6.90. The van der Waals surface area contributed by atoms with Gasteiger partial charge in [-0.3, -0.25) is 9.59 Å². The number of rotatable bonds is 5. The van der Waals surface area contributed by atoms with Crippen molar-refractivity contribution in [3.63, 3.8) is 0 Å². The van der Waals surface area contributed by atoms with E-state index in [4.69, 9.17) is 5.73 Å². The Morgan fingerprint density at radius 1 is 1.45 bits per heavy atom. The quantitative estimate of drug-likeness (QED) is 0.684. The molecule has 20 heavy (non-hydrogen) atoms. The molecule has 0 aromatic rings. The average Bonchev–Trinajstić information content (AvgIpc) is 2.37. The van der Waals surface area contributed by atoms with Gasteiger partial charge in [-0.15, -0.1) is 0 Å². The van der Waals surface area contributed by atoms with Gasteiger partial charge in [0.05, 0.1) is 5.41 Å². The summed E-state index contributed by atoms with van der Waals surface area (Å²) >= 11 is 0. The molecule has 1 saturated heterocycles. The molecule has 0 aliphatic carbocycles. The third-order valence-corrected chi connectivity index (χ3v) is 3.80. The second-order valence-corrected chi connectivity index (χ2v) is 5.43. The second kappa shape index (κ2) is 6.58. The van der Waals surface area contributed by atoms with Gasteiger partial charge < -0.3 is 21.1 Å². The van der Waals surface area contributed by atoms with E-state index < -0.39 is 23.5 Å². The van der Waals surface area contributed by atoms with Gasteiger partial charge in [0, 0.05) is 13.1 Å². The van der Waals surface area contributed by atoms with Gasteiger partial charge in [-0.25, -0.2) is 4.79 Å². The lowest BCUT2D eigenvalue weighted by Gasteiger charge is -2.40. The Morgan fingerprint density at radius 2 is 2.10 bits per heavy atom. The lowest BCUT2D eigenvalue weighted by molar-refractivity contribution is -0.156. The number of carboxylic acid groups (broad SMARTS) is 1. The van der Waals surface area contributed by atoms with Crippen LogP contribution in [0.3, 0.4) is 0 Å². The molecular weight excluding hydrogens is 262 g/mol. The first-order valence-corrected chi connectivity index (χ1v) is 6.90. The second-order valence-electron chi connectivity index (χ2n) is 5.43. The molecular formula is C13H23N3O4. The molecule has 0 radical (unpaired) electrons. The number of aliphatic carboxylic acids is 1. The Morgan fingerprint density at radius 3 is 2.60 bits per heavy atom. The summed E-state index contributed by atoms with van der Waals surface area (Å²) in [6.45, 7) is 4.19. The van der Waals surface area contributed by atoms with Crippen LogP contribution in [0.2, 0.25) is 0 Å². The van der Waals surface area contributed by atoms with Crippen LogP contribution in [0.15, 0.2) is 0 Å². The molecule has 0 bridgehead atoms. The largest absolute Gasteiger partial charge is 0.481 e. The SMILES string of the molecule is CCCC1(C(=O)O)CCCN(C(=O)C(C)NC(N)=O)C1. The van der Waals surface area contributed by atoms with Crippen molar-refractivity contribution in [2.24, 2.45) is 11.1 Å². The first-order chi connectivity index (χ1) is 9.32. The summed E-state index contributed by atoms with van der Waals surface area (Å²) in [4.78, 5) is 36.1. The Bertz CT molecular complexity index is 395. The molecule has 4 N–H and O–H groups in total. The van der Waals surface area contributed by atoms with Crippen molar-refractivity contribution in [1.29, 1.82) is 0 Å². The number of urea groups is 1. The Kier molecular flexibility index (Phi) is 5.35. The molecule has 7 nitrogen and oxygen atoms in total. The minimum Gasteiger partial charge on any atom is -0.481 e. The number of nitrogens with two attached hydrogens (primary N) is 1. The van der Waals surface area contributed by atoms with E-state index in [1.807, 2.05) is 6.92 Å². The van der Waals surface area contributed by atoms with E-state index in [1.54, 1.807) is 6.92 Å². The summed E-state index contributed by atoms with van der Waals surface area (Å²) in [5.41, 5.74) is 4.13. The first kappa shape index (κ1) is 16.3. The number of hydrogen-bond donors (Lipinski definition) is 3. The molecule has 0 saturated carbocycles. The van der Waals surface area contributed by atoms with Gasteiger partial charge >= 0.3 is 12.0 Å². The number of likely N-dealkylation sites (tertiary alicyclic amines) is 1. The number of carbonyl (C=O) groups is 3. The fourth-order valence-electron chi connectivity index (χ4n) is 2.83. The Hall–Kier alpha value is -1.79. The summed E-state index contributed by atoms with van der Waals surface area (Å²) in [5, 5.41) is 11.8. The minimum atomic E-state index is -0.866. The molecule has 1 aliphatic heterocycles. The van der Waals surface area contributed by atoms with Gasteiger partial charge in [-0.2, -0.15) is 0 Å². The van der Waals surface area contributed by atoms with E-state index >= 15 is 0 Å². The summed E-state index contributed by atoms with van der Waals surface area (Å²) in [6.07, 6.45) is 2.53. The molecule has 3 amide bonds. The van der Waals surface area contributed by atoms with Crippen LogP contribution in [-0.2, 0) is 9.59 Å². The van der Waals surface area contributed by atoms with E-state index in [1.165, 1.54) is 4.90 Å². The fourth-order valence-corrected chi connectivity index (χ4v) is 2.83. The highest BCUT2D eigenvalue weighted by atomic mass is 16.4. The maximum atomic E-state index is 12.2. The Balaban J connectivity index is 2.79. The highest BCUT2D eigenvalue weighted by Gasteiger charge is 2.43. The van der Waals surface area contributed by atoms with Gasteiger partial charge in [0.1, 0.15) is 6.04 Å². The van der Waals surface area contributed by atoms with E-state index in [0.717, 1.165) is 6.42 Å². The van der Waals surface area contributed by atoms with Gasteiger partial charge in [0.2, 0.25) is 5.91 Å². The highest BCUT2D eigenvalue weighted by Crippen LogP contribution is 2.35. The van der Waals surface area contributed by atoms with Gasteiger partial charge in [-0.05, 0) is 26.2 Å². The van der Waals surface area contributed by atoms with Crippen molar-refractivity contribution in [2.75, 3.05) is 13.1 Å². The number of hydrogen-bond acceptors (Lipinski definition) is 3. The number of nitrogens with one attached hydrogen (secondary N) is 1.